The van der Waals surface area contributed by atoms with E-state index >= 15 is 0 Å². The maximum atomic E-state index is 6.18. The molecule has 3 nitrogen and oxygen atoms in total. The fourth-order valence-corrected chi connectivity index (χ4v) is 3.22. The highest BCUT2D eigenvalue weighted by molar-refractivity contribution is 5.28. The number of aromatic nitrogens is 1. The topological polar surface area (TPSA) is 34.2 Å². The van der Waals surface area contributed by atoms with Gasteiger partial charge in [-0.15, -0.1) is 0 Å². The number of likely N-dealkylation sites (N-methyl/N-ethyl adjacent to an activating group) is 1. The van der Waals surface area contributed by atoms with Crippen molar-refractivity contribution in [3.8, 4) is 0 Å². The zero-order chi connectivity index (χ0) is 12.7. The maximum absolute atomic E-state index is 6.18. The molecule has 1 heterocycles. The van der Waals surface area contributed by atoms with E-state index in [0.29, 0.717) is 6.04 Å². The number of fused-ring (bicyclic) bond motifs is 1. The van der Waals surface area contributed by atoms with Crippen molar-refractivity contribution in [3.63, 3.8) is 0 Å². The molecule has 1 fully saturated rings. The summed E-state index contributed by atoms with van der Waals surface area (Å²) in [4.78, 5) is 2.54. The van der Waals surface area contributed by atoms with Gasteiger partial charge in [-0.25, -0.2) is 0 Å². The minimum atomic E-state index is 0.270. The Labute approximate surface area is 110 Å². The van der Waals surface area contributed by atoms with Crippen LogP contribution >= 0.6 is 0 Å². The van der Waals surface area contributed by atoms with Crippen LogP contribution in [0.1, 0.15) is 49.9 Å². The summed E-state index contributed by atoms with van der Waals surface area (Å²) < 4.78 is 2.44. The van der Waals surface area contributed by atoms with E-state index in [9.17, 15) is 0 Å². The molecule has 0 amide bonds. The first-order chi connectivity index (χ1) is 8.66. The fraction of sp³-hybridized carbons (Fsp3) is 0.733. The monoisotopic (exact) mass is 247 g/mol. The Bertz CT molecular complexity index is 419. The van der Waals surface area contributed by atoms with Crippen molar-refractivity contribution in [3.05, 3.63) is 23.5 Å². The van der Waals surface area contributed by atoms with E-state index in [1.807, 2.05) is 0 Å². The lowest BCUT2D eigenvalue weighted by Crippen LogP contribution is -2.35. The lowest BCUT2D eigenvalue weighted by atomic mass is 9.93. The van der Waals surface area contributed by atoms with Gasteiger partial charge in [0.25, 0.3) is 0 Å². The van der Waals surface area contributed by atoms with Crippen LogP contribution in [0.2, 0.25) is 0 Å². The molecule has 0 bridgehead atoms. The van der Waals surface area contributed by atoms with Gasteiger partial charge in [-0.05, 0) is 57.7 Å². The van der Waals surface area contributed by atoms with Gasteiger partial charge in [-0.1, -0.05) is 0 Å². The van der Waals surface area contributed by atoms with Gasteiger partial charge in [0.05, 0.1) is 0 Å². The third kappa shape index (κ3) is 2.21. The summed E-state index contributed by atoms with van der Waals surface area (Å²) in [5.41, 5.74) is 9.07. The van der Waals surface area contributed by atoms with E-state index in [4.69, 9.17) is 5.73 Å². The molecule has 1 saturated carbocycles. The van der Waals surface area contributed by atoms with E-state index in [1.54, 1.807) is 0 Å². The average Bonchev–Trinajstić information content (AvgIpc) is 3.12. The van der Waals surface area contributed by atoms with Crippen molar-refractivity contribution in [1.82, 2.24) is 9.47 Å². The van der Waals surface area contributed by atoms with Crippen LogP contribution in [0.5, 0.6) is 0 Å². The molecular weight excluding hydrogens is 222 g/mol. The first-order valence-corrected chi connectivity index (χ1v) is 7.32. The molecule has 2 unspecified atom stereocenters. The zero-order valence-corrected chi connectivity index (χ0v) is 11.6. The van der Waals surface area contributed by atoms with Crippen molar-refractivity contribution in [2.75, 3.05) is 7.05 Å². The quantitative estimate of drug-likeness (QED) is 0.886. The first-order valence-electron chi connectivity index (χ1n) is 7.32. The van der Waals surface area contributed by atoms with Crippen LogP contribution in [0.4, 0.5) is 0 Å². The smallest absolute Gasteiger partial charge is 0.0375 e. The number of nitrogens with two attached hydrogens (primary N) is 1. The molecule has 2 aliphatic carbocycles. The van der Waals surface area contributed by atoms with Crippen LogP contribution in [-0.2, 0) is 13.0 Å². The average molecular weight is 247 g/mol. The van der Waals surface area contributed by atoms with Gasteiger partial charge < -0.3 is 10.3 Å². The summed E-state index contributed by atoms with van der Waals surface area (Å²) in [6, 6.07) is 3.97. The number of nitrogens with zero attached hydrogens (tertiary/aromatic N) is 2. The predicted molar refractivity (Wildman–Crippen MR) is 74.5 cm³/mol. The minimum Gasteiger partial charge on any atom is -0.350 e. The van der Waals surface area contributed by atoms with Gasteiger partial charge in [-0.2, -0.15) is 0 Å². The largest absolute Gasteiger partial charge is 0.350 e. The van der Waals surface area contributed by atoms with E-state index in [-0.39, 0.29) is 6.04 Å². The van der Waals surface area contributed by atoms with Gasteiger partial charge in [0.2, 0.25) is 0 Å². The second kappa shape index (κ2) is 4.71. The van der Waals surface area contributed by atoms with Crippen LogP contribution < -0.4 is 5.73 Å². The Morgan fingerprint density at radius 2 is 2.22 bits per heavy atom. The second-order valence-corrected chi connectivity index (χ2v) is 6.11. The molecule has 0 spiro atoms. The van der Waals surface area contributed by atoms with Crippen LogP contribution in [0.25, 0.3) is 0 Å². The Morgan fingerprint density at radius 3 is 2.94 bits per heavy atom. The molecule has 0 aliphatic heterocycles. The molecule has 18 heavy (non-hydrogen) atoms. The molecule has 1 aromatic rings. The Kier molecular flexibility index (Phi) is 3.20. The van der Waals surface area contributed by atoms with E-state index < -0.39 is 0 Å². The Hall–Kier alpha value is -0.800. The van der Waals surface area contributed by atoms with E-state index in [1.165, 1.54) is 36.9 Å². The van der Waals surface area contributed by atoms with Crippen LogP contribution in [0.3, 0.4) is 0 Å². The molecule has 2 atom stereocenters. The van der Waals surface area contributed by atoms with Crippen molar-refractivity contribution < 1.29 is 0 Å². The summed E-state index contributed by atoms with van der Waals surface area (Å²) in [6.07, 6.45) is 8.60. The van der Waals surface area contributed by atoms with Crippen molar-refractivity contribution >= 4 is 0 Å². The Balaban J connectivity index is 1.72. The van der Waals surface area contributed by atoms with Gasteiger partial charge in [0.1, 0.15) is 0 Å². The molecule has 3 rings (SSSR count). The summed E-state index contributed by atoms with van der Waals surface area (Å²) in [5.74, 6) is 0. The maximum Gasteiger partial charge on any atom is 0.0375 e. The van der Waals surface area contributed by atoms with Crippen molar-refractivity contribution in [1.29, 1.82) is 0 Å². The van der Waals surface area contributed by atoms with Crippen molar-refractivity contribution in [2.45, 2.75) is 63.7 Å². The third-order valence-electron chi connectivity index (χ3n) is 4.72. The molecular formula is C15H25N3. The molecule has 0 aromatic carbocycles. The van der Waals surface area contributed by atoms with Crippen LogP contribution in [0, 0.1) is 0 Å². The normalized spacial score (nSPS) is 25.2. The highest BCUT2D eigenvalue weighted by Gasteiger charge is 2.29. The summed E-state index contributed by atoms with van der Waals surface area (Å²) in [7, 11) is 2.27. The summed E-state index contributed by atoms with van der Waals surface area (Å²) in [6.45, 7) is 3.45. The lowest BCUT2D eigenvalue weighted by molar-refractivity contribution is 0.224. The fourth-order valence-electron chi connectivity index (χ4n) is 3.22. The number of hydrogen-bond acceptors (Lipinski definition) is 2. The molecule has 100 valence electrons. The van der Waals surface area contributed by atoms with Gasteiger partial charge >= 0.3 is 0 Å². The zero-order valence-electron chi connectivity index (χ0n) is 11.6. The molecule has 2 aliphatic rings. The van der Waals surface area contributed by atoms with Crippen LogP contribution in [-0.4, -0.2) is 28.6 Å². The Morgan fingerprint density at radius 1 is 1.44 bits per heavy atom. The molecule has 1 aromatic heterocycles. The first kappa shape index (κ1) is 12.2. The highest BCUT2D eigenvalue weighted by atomic mass is 15.2. The molecule has 3 heteroatoms. The summed E-state index contributed by atoms with van der Waals surface area (Å²) in [5, 5.41) is 0. The van der Waals surface area contributed by atoms with Gasteiger partial charge in [0.15, 0.2) is 0 Å². The van der Waals surface area contributed by atoms with Gasteiger partial charge in [0, 0.05) is 36.6 Å². The van der Waals surface area contributed by atoms with Gasteiger partial charge in [-0.3, -0.25) is 4.90 Å². The molecule has 0 saturated heterocycles. The van der Waals surface area contributed by atoms with E-state index in [0.717, 1.165) is 19.0 Å². The molecule has 2 N–H and O–H groups in total. The SMILES string of the molecule is CC(Cn1ccc2c1CCCC2N)N(C)C1CC1. The minimum absolute atomic E-state index is 0.270. The summed E-state index contributed by atoms with van der Waals surface area (Å²) >= 11 is 0. The number of hydrogen-bond donors (Lipinski definition) is 1. The predicted octanol–water partition coefficient (Wildman–Crippen LogP) is 2.31. The lowest BCUT2D eigenvalue weighted by Gasteiger charge is -2.27. The third-order valence-corrected chi connectivity index (χ3v) is 4.72. The number of rotatable bonds is 4. The highest BCUT2D eigenvalue weighted by Crippen LogP contribution is 2.30. The second-order valence-electron chi connectivity index (χ2n) is 6.11. The van der Waals surface area contributed by atoms with E-state index in [2.05, 4.69) is 35.7 Å². The van der Waals surface area contributed by atoms with Crippen LogP contribution in [0.15, 0.2) is 12.3 Å². The van der Waals surface area contributed by atoms with Crippen molar-refractivity contribution in [2.24, 2.45) is 5.73 Å². The molecule has 0 radical (unpaired) electrons. The standard InChI is InChI=1S/C15H25N3/c1-11(17(2)12-6-7-12)10-18-9-8-13-14(16)4-3-5-15(13)18/h8-9,11-12,14H,3-7,10,16H2,1-2H3.